The second kappa shape index (κ2) is 5.14. The van der Waals surface area contributed by atoms with Gasteiger partial charge in [-0.2, -0.15) is 0 Å². The number of hydrogen-bond acceptors (Lipinski definition) is 2. The van der Waals surface area contributed by atoms with Gasteiger partial charge in [0.1, 0.15) is 0 Å². The highest BCUT2D eigenvalue weighted by atomic mass is 79.9. The summed E-state index contributed by atoms with van der Waals surface area (Å²) in [7, 11) is 0. The number of pyridine rings is 1. The minimum absolute atomic E-state index is 0.0363. The van der Waals surface area contributed by atoms with Crippen LogP contribution in [0.15, 0.2) is 35.1 Å². The van der Waals surface area contributed by atoms with E-state index in [0.29, 0.717) is 6.04 Å². The molecule has 0 saturated carbocycles. The van der Waals surface area contributed by atoms with Crippen LogP contribution < -0.4 is 5.32 Å². The molecule has 4 nitrogen and oxygen atoms in total. The molecule has 2 aliphatic rings. The van der Waals surface area contributed by atoms with E-state index in [1.54, 1.807) is 0 Å². The van der Waals surface area contributed by atoms with Crippen LogP contribution in [0.5, 0.6) is 0 Å². The zero-order valence-electron chi connectivity index (χ0n) is 11.8. The fourth-order valence-electron chi connectivity index (χ4n) is 3.64. The molecule has 4 heterocycles. The Morgan fingerprint density at radius 2 is 2.19 bits per heavy atom. The average Bonchev–Trinajstić information content (AvgIpc) is 2.99. The minimum atomic E-state index is 0.0363. The summed E-state index contributed by atoms with van der Waals surface area (Å²) in [5.41, 5.74) is 1.80. The van der Waals surface area contributed by atoms with Crippen molar-refractivity contribution < 1.29 is 4.79 Å². The zero-order chi connectivity index (χ0) is 14.4. The van der Waals surface area contributed by atoms with Crippen LogP contribution in [-0.2, 0) is 0 Å². The van der Waals surface area contributed by atoms with Gasteiger partial charge >= 0.3 is 0 Å². The summed E-state index contributed by atoms with van der Waals surface area (Å²) in [5.74, 6) is 0.807. The zero-order valence-corrected chi connectivity index (χ0v) is 13.3. The smallest absolute Gasteiger partial charge is 0.253 e. The van der Waals surface area contributed by atoms with Crippen LogP contribution in [0.4, 0.5) is 0 Å². The Kier molecular flexibility index (Phi) is 3.27. The summed E-state index contributed by atoms with van der Waals surface area (Å²) in [4.78, 5) is 14.9. The molecule has 5 heteroatoms. The highest BCUT2D eigenvalue weighted by Crippen LogP contribution is 2.26. The molecule has 2 fully saturated rings. The van der Waals surface area contributed by atoms with Gasteiger partial charge in [0.05, 0.1) is 5.56 Å². The lowest BCUT2D eigenvalue weighted by atomic mass is 9.96. The topological polar surface area (TPSA) is 36.8 Å². The first-order valence-electron chi connectivity index (χ1n) is 7.48. The van der Waals surface area contributed by atoms with Crippen molar-refractivity contribution >= 4 is 27.4 Å². The molecule has 4 rings (SSSR count). The Balaban J connectivity index is 1.50. The summed E-state index contributed by atoms with van der Waals surface area (Å²) >= 11 is 3.46. The van der Waals surface area contributed by atoms with Crippen LogP contribution in [0.2, 0.25) is 0 Å². The number of hydrogen-bond donors (Lipinski definition) is 1. The van der Waals surface area contributed by atoms with E-state index in [2.05, 4.69) is 26.1 Å². The van der Waals surface area contributed by atoms with E-state index in [0.717, 1.165) is 34.4 Å². The number of piperidine rings is 1. The van der Waals surface area contributed by atoms with E-state index >= 15 is 0 Å². The third-order valence-electron chi connectivity index (χ3n) is 4.62. The fraction of sp³-hybridized carbons (Fsp3) is 0.438. The molecule has 0 aliphatic carbocycles. The largest absolute Gasteiger partial charge is 0.348 e. The SMILES string of the molecule is O=C(N[C@@H]1C[C@H]2CCN(C2)C1)c1ccc2cc(Br)cn2c1. The molecule has 0 spiro atoms. The molecule has 21 heavy (non-hydrogen) atoms. The summed E-state index contributed by atoms with van der Waals surface area (Å²) in [6.45, 7) is 3.41. The molecule has 2 aliphatic heterocycles. The highest BCUT2D eigenvalue weighted by molar-refractivity contribution is 9.10. The molecule has 1 N–H and O–H groups in total. The van der Waals surface area contributed by atoms with Crippen molar-refractivity contribution in [1.29, 1.82) is 0 Å². The average molecular weight is 348 g/mol. The molecule has 2 saturated heterocycles. The Morgan fingerprint density at radius 1 is 1.29 bits per heavy atom. The standard InChI is InChI=1S/C16H18BrN3O/c17-13-6-15-2-1-12(8-20(15)9-13)16(21)18-14-5-11-3-4-19(7-11)10-14/h1-2,6,8-9,11,14H,3-5,7,10H2,(H,18,21)/t11-,14-/m1/s1. The number of rotatable bonds is 2. The Labute approximate surface area is 132 Å². The van der Waals surface area contributed by atoms with E-state index in [1.807, 2.05) is 35.0 Å². The molecule has 3 atom stereocenters. The quantitative estimate of drug-likeness (QED) is 0.906. The number of fused-ring (bicyclic) bond motifs is 3. The van der Waals surface area contributed by atoms with Crippen LogP contribution in [0, 0.1) is 5.92 Å². The molecule has 1 unspecified atom stereocenters. The second-order valence-corrected chi connectivity index (χ2v) is 7.14. The number of halogens is 1. The van der Waals surface area contributed by atoms with Gasteiger partial charge < -0.3 is 14.6 Å². The predicted molar refractivity (Wildman–Crippen MR) is 85.5 cm³/mol. The predicted octanol–water partition coefficient (Wildman–Crippen LogP) is 2.53. The van der Waals surface area contributed by atoms with Crippen LogP contribution in [0.3, 0.4) is 0 Å². The van der Waals surface area contributed by atoms with Gasteiger partial charge in [-0.25, -0.2) is 0 Å². The molecule has 1 amide bonds. The normalized spacial score (nSPS) is 28.0. The van der Waals surface area contributed by atoms with Crippen LogP contribution in [0.25, 0.3) is 5.52 Å². The van der Waals surface area contributed by atoms with E-state index in [4.69, 9.17) is 0 Å². The number of nitrogens with zero attached hydrogens (tertiary/aromatic N) is 2. The maximum absolute atomic E-state index is 12.4. The monoisotopic (exact) mass is 347 g/mol. The molecule has 2 aromatic rings. The van der Waals surface area contributed by atoms with Crippen LogP contribution in [0.1, 0.15) is 23.2 Å². The van der Waals surface area contributed by atoms with Crippen molar-refractivity contribution in [3.63, 3.8) is 0 Å². The van der Waals surface area contributed by atoms with Gasteiger partial charge in [-0.3, -0.25) is 4.79 Å². The third kappa shape index (κ3) is 2.60. The minimum Gasteiger partial charge on any atom is -0.348 e. The fourth-order valence-corrected chi connectivity index (χ4v) is 4.10. The maximum Gasteiger partial charge on any atom is 0.253 e. The first kappa shape index (κ1) is 13.3. The van der Waals surface area contributed by atoms with Crippen LogP contribution >= 0.6 is 15.9 Å². The van der Waals surface area contributed by atoms with Gasteiger partial charge in [0.25, 0.3) is 5.91 Å². The van der Waals surface area contributed by atoms with Crippen molar-refractivity contribution in [2.45, 2.75) is 18.9 Å². The third-order valence-corrected chi connectivity index (χ3v) is 5.06. The molecule has 2 aromatic heterocycles. The lowest BCUT2D eigenvalue weighted by molar-refractivity contribution is 0.0909. The molecule has 0 aromatic carbocycles. The van der Waals surface area contributed by atoms with E-state index in [9.17, 15) is 4.79 Å². The van der Waals surface area contributed by atoms with Crippen molar-refractivity contribution in [3.8, 4) is 0 Å². The maximum atomic E-state index is 12.4. The van der Waals surface area contributed by atoms with E-state index in [-0.39, 0.29) is 5.91 Å². The number of nitrogens with one attached hydrogen (secondary N) is 1. The van der Waals surface area contributed by atoms with Gasteiger partial charge in [-0.05, 0) is 59.4 Å². The van der Waals surface area contributed by atoms with Crippen LogP contribution in [-0.4, -0.2) is 40.9 Å². The molecule has 110 valence electrons. The van der Waals surface area contributed by atoms with Gasteiger partial charge in [-0.15, -0.1) is 0 Å². The molecular formula is C16H18BrN3O. The lowest BCUT2D eigenvalue weighted by Gasteiger charge is -2.30. The van der Waals surface area contributed by atoms with Gasteiger partial charge in [0.15, 0.2) is 0 Å². The molecule has 2 bridgehead atoms. The van der Waals surface area contributed by atoms with Crippen molar-refractivity contribution in [1.82, 2.24) is 14.6 Å². The first-order chi connectivity index (χ1) is 10.2. The second-order valence-electron chi connectivity index (χ2n) is 6.23. The summed E-state index contributed by atoms with van der Waals surface area (Å²) in [6.07, 6.45) is 6.28. The van der Waals surface area contributed by atoms with Crippen molar-refractivity contribution in [2.75, 3.05) is 19.6 Å². The van der Waals surface area contributed by atoms with Crippen molar-refractivity contribution in [3.05, 3.63) is 40.6 Å². The molecule has 0 radical (unpaired) electrons. The Bertz CT molecular complexity index is 684. The Hall–Kier alpha value is -1.33. The lowest BCUT2D eigenvalue weighted by Crippen LogP contribution is -2.47. The van der Waals surface area contributed by atoms with Gasteiger partial charge in [0, 0.05) is 41.5 Å². The van der Waals surface area contributed by atoms with E-state index in [1.165, 1.54) is 19.5 Å². The molecular weight excluding hydrogens is 330 g/mol. The number of carbonyl (C=O) groups is 1. The van der Waals surface area contributed by atoms with Crippen molar-refractivity contribution in [2.24, 2.45) is 5.92 Å². The highest BCUT2D eigenvalue weighted by Gasteiger charge is 2.32. The van der Waals surface area contributed by atoms with E-state index < -0.39 is 0 Å². The number of aromatic nitrogens is 1. The number of amides is 1. The Morgan fingerprint density at radius 3 is 3.05 bits per heavy atom. The van der Waals surface area contributed by atoms with Gasteiger partial charge in [0.2, 0.25) is 0 Å². The van der Waals surface area contributed by atoms with Gasteiger partial charge in [-0.1, -0.05) is 0 Å². The summed E-state index contributed by atoms with van der Waals surface area (Å²) < 4.78 is 3.00. The number of carbonyl (C=O) groups excluding carboxylic acids is 1. The first-order valence-corrected chi connectivity index (χ1v) is 8.27. The summed E-state index contributed by atoms with van der Waals surface area (Å²) in [5, 5.41) is 3.20. The summed E-state index contributed by atoms with van der Waals surface area (Å²) in [6, 6.07) is 6.21.